The number of benzene rings is 1. The molecule has 1 saturated carbocycles. The number of hydrogen-bond acceptors (Lipinski definition) is 5. The predicted molar refractivity (Wildman–Crippen MR) is 105 cm³/mol. The van der Waals surface area contributed by atoms with Crippen LogP contribution in [0.5, 0.6) is 0 Å². The van der Waals surface area contributed by atoms with Gasteiger partial charge in [0.25, 0.3) is 0 Å². The molecule has 0 amide bonds. The molecule has 5 heteroatoms. The summed E-state index contributed by atoms with van der Waals surface area (Å²) in [6.07, 6.45) is 8.40. The Bertz CT molecular complexity index is 806. The van der Waals surface area contributed by atoms with Gasteiger partial charge < -0.3 is 16.0 Å². The fraction of sp³-hybridized carbons (Fsp3) is 0.524. The SMILES string of the molecule is Nc1nc(NC2CC(N3CCCC3)C2)c2c(n1)-c1ccccc1CCC2. The molecule has 5 rings (SSSR count). The monoisotopic (exact) mass is 349 g/mol. The summed E-state index contributed by atoms with van der Waals surface area (Å²) in [7, 11) is 0. The first-order valence-corrected chi connectivity index (χ1v) is 10.0. The summed E-state index contributed by atoms with van der Waals surface area (Å²) in [6, 6.07) is 9.85. The fourth-order valence-electron chi connectivity index (χ4n) is 4.81. The number of fused-ring (bicyclic) bond motifs is 3. The molecule has 26 heavy (non-hydrogen) atoms. The van der Waals surface area contributed by atoms with Crippen molar-refractivity contribution < 1.29 is 0 Å². The Kier molecular flexibility index (Phi) is 4.04. The van der Waals surface area contributed by atoms with Crippen LogP contribution < -0.4 is 11.1 Å². The lowest BCUT2D eigenvalue weighted by molar-refractivity contribution is 0.145. The highest BCUT2D eigenvalue weighted by Crippen LogP contribution is 2.37. The topological polar surface area (TPSA) is 67.1 Å². The van der Waals surface area contributed by atoms with Crippen LogP contribution in [0.4, 0.5) is 11.8 Å². The smallest absolute Gasteiger partial charge is 0.222 e. The van der Waals surface area contributed by atoms with Gasteiger partial charge in [-0.3, -0.25) is 0 Å². The summed E-state index contributed by atoms with van der Waals surface area (Å²) in [6.45, 7) is 2.56. The zero-order chi connectivity index (χ0) is 17.5. The lowest BCUT2D eigenvalue weighted by atomic mass is 9.85. The lowest BCUT2D eigenvalue weighted by Gasteiger charge is -2.42. The number of aryl methyl sites for hydroxylation is 1. The first-order chi connectivity index (χ1) is 12.8. The van der Waals surface area contributed by atoms with Crippen LogP contribution in [0.1, 0.15) is 43.2 Å². The number of aromatic nitrogens is 2. The Hall–Kier alpha value is -2.14. The number of nitrogens with two attached hydrogens (primary N) is 1. The molecular formula is C21H27N5. The van der Waals surface area contributed by atoms with E-state index in [-0.39, 0.29) is 0 Å². The first-order valence-electron chi connectivity index (χ1n) is 10.0. The Labute approximate surface area is 155 Å². The molecule has 1 saturated heterocycles. The van der Waals surface area contributed by atoms with E-state index in [2.05, 4.69) is 44.5 Å². The second kappa shape index (κ2) is 6.54. The summed E-state index contributed by atoms with van der Waals surface area (Å²) in [5.74, 6) is 1.34. The molecule has 136 valence electrons. The third-order valence-electron chi connectivity index (χ3n) is 6.28. The van der Waals surface area contributed by atoms with Crippen LogP contribution in [-0.2, 0) is 12.8 Å². The zero-order valence-electron chi connectivity index (χ0n) is 15.2. The summed E-state index contributed by atoms with van der Waals surface area (Å²) in [4.78, 5) is 11.9. The molecule has 2 fully saturated rings. The number of nitrogen functional groups attached to an aromatic ring is 1. The number of likely N-dealkylation sites (tertiary alicyclic amines) is 1. The highest BCUT2D eigenvalue weighted by molar-refractivity contribution is 5.73. The summed E-state index contributed by atoms with van der Waals surface area (Å²) in [5, 5.41) is 3.70. The van der Waals surface area contributed by atoms with Crippen molar-refractivity contribution in [3.63, 3.8) is 0 Å². The molecule has 0 radical (unpaired) electrons. The Morgan fingerprint density at radius 3 is 2.65 bits per heavy atom. The Morgan fingerprint density at radius 1 is 1.00 bits per heavy atom. The van der Waals surface area contributed by atoms with Crippen molar-refractivity contribution in [2.45, 2.75) is 57.0 Å². The number of hydrogen-bond donors (Lipinski definition) is 2. The maximum atomic E-state index is 6.08. The van der Waals surface area contributed by atoms with E-state index in [1.165, 1.54) is 55.5 Å². The number of nitrogens with one attached hydrogen (secondary N) is 1. The van der Waals surface area contributed by atoms with Crippen LogP contribution in [0, 0.1) is 0 Å². The van der Waals surface area contributed by atoms with Crippen molar-refractivity contribution in [1.29, 1.82) is 0 Å². The minimum Gasteiger partial charge on any atom is -0.368 e. The highest BCUT2D eigenvalue weighted by Gasteiger charge is 2.35. The van der Waals surface area contributed by atoms with E-state index in [9.17, 15) is 0 Å². The molecule has 1 aliphatic heterocycles. The molecule has 2 aromatic rings. The van der Waals surface area contributed by atoms with Gasteiger partial charge in [-0.1, -0.05) is 24.3 Å². The molecule has 0 spiro atoms. The molecule has 1 aromatic heterocycles. The van der Waals surface area contributed by atoms with E-state index in [1.54, 1.807) is 0 Å². The van der Waals surface area contributed by atoms with Gasteiger partial charge in [0, 0.05) is 23.2 Å². The van der Waals surface area contributed by atoms with Gasteiger partial charge >= 0.3 is 0 Å². The van der Waals surface area contributed by atoms with Gasteiger partial charge in [0.05, 0.1) is 5.69 Å². The summed E-state index contributed by atoms with van der Waals surface area (Å²) in [5.41, 5.74) is 10.9. The maximum absolute atomic E-state index is 6.08. The normalized spacial score (nSPS) is 25.1. The molecule has 0 atom stereocenters. The largest absolute Gasteiger partial charge is 0.368 e. The van der Waals surface area contributed by atoms with E-state index < -0.39 is 0 Å². The van der Waals surface area contributed by atoms with E-state index in [0.717, 1.165) is 36.8 Å². The molecule has 0 unspecified atom stereocenters. The summed E-state index contributed by atoms with van der Waals surface area (Å²) < 4.78 is 0. The van der Waals surface area contributed by atoms with Crippen molar-refractivity contribution in [3.8, 4) is 11.3 Å². The van der Waals surface area contributed by atoms with Gasteiger partial charge in [-0.15, -0.1) is 0 Å². The quantitative estimate of drug-likeness (QED) is 0.890. The van der Waals surface area contributed by atoms with Crippen LogP contribution in [0.25, 0.3) is 11.3 Å². The molecular weight excluding hydrogens is 322 g/mol. The molecule has 0 bridgehead atoms. The van der Waals surface area contributed by atoms with Crippen LogP contribution in [0.15, 0.2) is 24.3 Å². The van der Waals surface area contributed by atoms with Crippen molar-refractivity contribution in [1.82, 2.24) is 14.9 Å². The van der Waals surface area contributed by atoms with Gasteiger partial charge in [-0.2, -0.15) is 4.98 Å². The Morgan fingerprint density at radius 2 is 1.81 bits per heavy atom. The van der Waals surface area contributed by atoms with Crippen LogP contribution in [0.3, 0.4) is 0 Å². The maximum Gasteiger partial charge on any atom is 0.222 e. The number of anilines is 2. The lowest BCUT2D eigenvalue weighted by Crippen LogP contribution is -2.49. The number of nitrogens with zero attached hydrogens (tertiary/aromatic N) is 3. The molecule has 1 aromatic carbocycles. The zero-order valence-corrected chi connectivity index (χ0v) is 15.2. The average Bonchev–Trinajstić information content (AvgIpc) is 3.06. The van der Waals surface area contributed by atoms with Gasteiger partial charge in [0.1, 0.15) is 5.82 Å². The van der Waals surface area contributed by atoms with Crippen molar-refractivity contribution in [3.05, 3.63) is 35.4 Å². The van der Waals surface area contributed by atoms with E-state index in [4.69, 9.17) is 5.73 Å². The van der Waals surface area contributed by atoms with E-state index >= 15 is 0 Å². The Balaban J connectivity index is 1.40. The van der Waals surface area contributed by atoms with Crippen molar-refractivity contribution in [2.24, 2.45) is 0 Å². The standard InChI is InChI=1S/C21H27N5/c22-21-24-19-17-8-2-1-6-14(17)7-5-9-18(19)20(25-21)23-15-12-16(13-15)26-10-3-4-11-26/h1-2,6,8,15-16H,3-5,7,9-13H2,(H3,22,23,24,25). The molecule has 2 heterocycles. The van der Waals surface area contributed by atoms with Gasteiger partial charge in [-0.05, 0) is 63.6 Å². The first kappa shape index (κ1) is 16.1. The van der Waals surface area contributed by atoms with Crippen molar-refractivity contribution >= 4 is 11.8 Å². The third kappa shape index (κ3) is 2.84. The molecule has 2 aliphatic carbocycles. The summed E-state index contributed by atoms with van der Waals surface area (Å²) >= 11 is 0. The molecule has 5 nitrogen and oxygen atoms in total. The van der Waals surface area contributed by atoms with Gasteiger partial charge in [-0.25, -0.2) is 4.98 Å². The van der Waals surface area contributed by atoms with Crippen molar-refractivity contribution in [2.75, 3.05) is 24.1 Å². The second-order valence-corrected chi connectivity index (χ2v) is 7.98. The number of rotatable bonds is 3. The highest BCUT2D eigenvalue weighted by atomic mass is 15.2. The van der Waals surface area contributed by atoms with E-state index in [0.29, 0.717) is 12.0 Å². The molecule has 3 N–H and O–H groups in total. The van der Waals surface area contributed by atoms with Gasteiger partial charge in [0.15, 0.2) is 0 Å². The third-order valence-corrected chi connectivity index (χ3v) is 6.28. The minimum atomic E-state index is 0.373. The van der Waals surface area contributed by atoms with Crippen LogP contribution in [0.2, 0.25) is 0 Å². The average molecular weight is 349 g/mol. The van der Waals surface area contributed by atoms with Crippen LogP contribution >= 0.6 is 0 Å². The van der Waals surface area contributed by atoms with Crippen LogP contribution in [-0.4, -0.2) is 40.0 Å². The predicted octanol–water partition coefficient (Wildman–Crippen LogP) is 3.25. The fourth-order valence-corrected chi connectivity index (χ4v) is 4.81. The second-order valence-electron chi connectivity index (χ2n) is 7.98. The minimum absolute atomic E-state index is 0.373. The van der Waals surface area contributed by atoms with Gasteiger partial charge in [0.2, 0.25) is 5.95 Å². The van der Waals surface area contributed by atoms with E-state index in [1.807, 2.05) is 0 Å². The molecule has 3 aliphatic rings.